The summed E-state index contributed by atoms with van der Waals surface area (Å²) in [6.45, 7) is -0.165. The molecule has 5 nitrogen and oxygen atoms in total. The summed E-state index contributed by atoms with van der Waals surface area (Å²) < 4.78 is 5.27. The summed E-state index contributed by atoms with van der Waals surface area (Å²) in [6.07, 6.45) is 5.47. The number of carbonyl (C=O) groups is 2. The van der Waals surface area contributed by atoms with Crippen LogP contribution in [-0.2, 0) is 4.79 Å². The average molecular weight is 276 g/mol. The molecule has 0 saturated heterocycles. The fourth-order valence-electron chi connectivity index (χ4n) is 2.30. The minimum Gasteiger partial charge on any atom is -0.484 e. The van der Waals surface area contributed by atoms with Crippen molar-refractivity contribution in [1.82, 2.24) is 10.6 Å². The van der Waals surface area contributed by atoms with Crippen molar-refractivity contribution in [3.05, 3.63) is 30.3 Å². The lowest BCUT2D eigenvalue weighted by Gasteiger charge is -2.22. The molecule has 1 aromatic carbocycles. The number of rotatable bonds is 4. The van der Waals surface area contributed by atoms with E-state index in [1.807, 2.05) is 18.2 Å². The van der Waals surface area contributed by atoms with Crippen LogP contribution in [0.1, 0.15) is 32.1 Å². The first-order chi connectivity index (χ1) is 9.74. The summed E-state index contributed by atoms with van der Waals surface area (Å²) in [5, 5.41) is 5.10. The van der Waals surface area contributed by atoms with Crippen LogP contribution in [0.5, 0.6) is 5.75 Å². The van der Waals surface area contributed by atoms with E-state index >= 15 is 0 Å². The number of urea groups is 1. The maximum Gasteiger partial charge on any atom is 0.321 e. The van der Waals surface area contributed by atoms with Crippen molar-refractivity contribution in [2.45, 2.75) is 38.1 Å². The van der Waals surface area contributed by atoms with Gasteiger partial charge in [-0.3, -0.25) is 10.1 Å². The quantitative estimate of drug-likeness (QED) is 0.886. The standard InChI is InChI=1S/C15H20N2O3/c18-14(11-20-13-9-5-2-6-10-13)17-15(19)16-12-7-3-1-4-8-12/h2,5-6,9-10,12H,1,3-4,7-8,11H2,(H2,16,17,18,19). The third kappa shape index (κ3) is 4.91. The molecular weight excluding hydrogens is 256 g/mol. The van der Waals surface area contributed by atoms with Crippen molar-refractivity contribution in [2.24, 2.45) is 0 Å². The predicted octanol–water partition coefficient (Wildman–Crippen LogP) is 2.22. The summed E-state index contributed by atoms with van der Waals surface area (Å²) >= 11 is 0. The molecule has 5 heteroatoms. The molecule has 0 atom stereocenters. The smallest absolute Gasteiger partial charge is 0.321 e. The highest BCUT2D eigenvalue weighted by Crippen LogP contribution is 2.17. The first kappa shape index (κ1) is 14.4. The van der Waals surface area contributed by atoms with Gasteiger partial charge >= 0.3 is 6.03 Å². The highest BCUT2D eigenvalue weighted by atomic mass is 16.5. The lowest BCUT2D eigenvalue weighted by molar-refractivity contribution is -0.122. The van der Waals surface area contributed by atoms with Crippen molar-refractivity contribution in [3.8, 4) is 5.75 Å². The minimum atomic E-state index is -0.442. The molecule has 0 aromatic heterocycles. The molecular formula is C15H20N2O3. The number of hydrogen-bond donors (Lipinski definition) is 2. The van der Waals surface area contributed by atoms with Crippen LogP contribution in [0.2, 0.25) is 0 Å². The van der Waals surface area contributed by atoms with Gasteiger partial charge in [-0.05, 0) is 25.0 Å². The van der Waals surface area contributed by atoms with E-state index in [1.165, 1.54) is 6.42 Å². The Hall–Kier alpha value is -2.04. The van der Waals surface area contributed by atoms with Crippen LogP contribution in [-0.4, -0.2) is 24.6 Å². The van der Waals surface area contributed by atoms with Gasteiger partial charge < -0.3 is 10.1 Å². The first-order valence-corrected chi connectivity index (χ1v) is 7.02. The summed E-state index contributed by atoms with van der Waals surface area (Å²) in [5.41, 5.74) is 0. The van der Waals surface area contributed by atoms with Crippen LogP contribution in [0, 0.1) is 0 Å². The number of hydrogen-bond acceptors (Lipinski definition) is 3. The van der Waals surface area contributed by atoms with E-state index in [2.05, 4.69) is 10.6 Å². The second-order valence-corrected chi connectivity index (χ2v) is 4.96. The van der Waals surface area contributed by atoms with Crippen molar-refractivity contribution in [2.75, 3.05) is 6.61 Å². The molecule has 0 aliphatic heterocycles. The van der Waals surface area contributed by atoms with Crippen molar-refractivity contribution in [1.29, 1.82) is 0 Å². The van der Waals surface area contributed by atoms with Gasteiger partial charge in [0.2, 0.25) is 0 Å². The third-order valence-corrected chi connectivity index (χ3v) is 3.31. The number of ether oxygens (including phenoxy) is 1. The van der Waals surface area contributed by atoms with Gasteiger partial charge in [0.25, 0.3) is 5.91 Å². The second kappa shape index (κ2) is 7.53. The third-order valence-electron chi connectivity index (χ3n) is 3.31. The van der Waals surface area contributed by atoms with Gasteiger partial charge in [0.15, 0.2) is 6.61 Å². The normalized spacial score (nSPS) is 15.4. The Morgan fingerprint density at radius 2 is 1.80 bits per heavy atom. The van der Waals surface area contributed by atoms with Gasteiger partial charge in [-0.25, -0.2) is 4.79 Å². The highest BCUT2D eigenvalue weighted by Gasteiger charge is 2.16. The molecule has 2 N–H and O–H groups in total. The summed E-state index contributed by atoms with van der Waals surface area (Å²) in [6, 6.07) is 8.78. The largest absolute Gasteiger partial charge is 0.484 e. The van der Waals surface area contributed by atoms with Gasteiger partial charge in [0.05, 0.1) is 0 Å². The number of nitrogens with one attached hydrogen (secondary N) is 2. The van der Waals surface area contributed by atoms with Crippen molar-refractivity contribution >= 4 is 11.9 Å². The van der Waals surface area contributed by atoms with Crippen LogP contribution >= 0.6 is 0 Å². The van der Waals surface area contributed by atoms with Crippen LogP contribution in [0.3, 0.4) is 0 Å². The number of amides is 3. The average Bonchev–Trinajstić information content (AvgIpc) is 2.47. The topological polar surface area (TPSA) is 67.4 Å². The van der Waals surface area contributed by atoms with Gasteiger partial charge in [-0.2, -0.15) is 0 Å². The van der Waals surface area contributed by atoms with E-state index in [0.717, 1.165) is 25.7 Å². The molecule has 0 radical (unpaired) electrons. The number of benzene rings is 1. The zero-order valence-corrected chi connectivity index (χ0v) is 11.4. The molecule has 1 aliphatic carbocycles. The van der Waals surface area contributed by atoms with E-state index in [0.29, 0.717) is 5.75 Å². The van der Waals surface area contributed by atoms with E-state index < -0.39 is 11.9 Å². The Kier molecular flexibility index (Phi) is 5.41. The molecule has 0 bridgehead atoms. The molecule has 1 fully saturated rings. The first-order valence-electron chi connectivity index (χ1n) is 7.02. The van der Waals surface area contributed by atoms with Gasteiger partial charge in [0.1, 0.15) is 5.75 Å². The molecule has 1 aromatic rings. The second-order valence-electron chi connectivity index (χ2n) is 4.96. The van der Waals surface area contributed by atoms with Gasteiger partial charge in [-0.15, -0.1) is 0 Å². The summed E-state index contributed by atoms with van der Waals surface area (Å²) in [4.78, 5) is 23.2. The predicted molar refractivity (Wildman–Crippen MR) is 75.5 cm³/mol. The molecule has 1 aliphatic rings. The molecule has 2 rings (SSSR count). The Morgan fingerprint density at radius 3 is 2.50 bits per heavy atom. The Bertz CT molecular complexity index is 442. The molecule has 0 unspecified atom stereocenters. The Morgan fingerprint density at radius 1 is 1.10 bits per heavy atom. The van der Waals surface area contributed by atoms with E-state index in [-0.39, 0.29) is 12.6 Å². The monoisotopic (exact) mass is 276 g/mol. The number of imide groups is 1. The van der Waals surface area contributed by atoms with Crippen LogP contribution in [0.15, 0.2) is 30.3 Å². The van der Waals surface area contributed by atoms with Crippen molar-refractivity contribution < 1.29 is 14.3 Å². The zero-order chi connectivity index (χ0) is 14.2. The molecule has 20 heavy (non-hydrogen) atoms. The SMILES string of the molecule is O=C(COc1ccccc1)NC(=O)NC1CCCCC1. The molecule has 3 amide bonds. The van der Waals surface area contributed by atoms with E-state index in [9.17, 15) is 9.59 Å². The fraction of sp³-hybridized carbons (Fsp3) is 0.467. The van der Waals surface area contributed by atoms with E-state index in [4.69, 9.17) is 4.74 Å². The summed E-state index contributed by atoms with van der Waals surface area (Å²) in [7, 11) is 0. The Balaban J connectivity index is 1.67. The van der Waals surface area contributed by atoms with Crippen LogP contribution in [0.4, 0.5) is 4.79 Å². The maximum atomic E-state index is 11.6. The number of para-hydroxylation sites is 1. The van der Waals surface area contributed by atoms with E-state index in [1.54, 1.807) is 12.1 Å². The van der Waals surface area contributed by atoms with Crippen LogP contribution < -0.4 is 15.4 Å². The fourth-order valence-corrected chi connectivity index (χ4v) is 2.30. The Labute approximate surface area is 118 Å². The molecule has 108 valence electrons. The lowest BCUT2D eigenvalue weighted by Crippen LogP contribution is -2.46. The zero-order valence-electron chi connectivity index (χ0n) is 11.4. The van der Waals surface area contributed by atoms with Crippen molar-refractivity contribution in [3.63, 3.8) is 0 Å². The maximum absolute atomic E-state index is 11.6. The van der Waals surface area contributed by atoms with Gasteiger partial charge in [0, 0.05) is 6.04 Å². The number of carbonyl (C=O) groups excluding carboxylic acids is 2. The summed E-state index contributed by atoms with van der Waals surface area (Å²) in [5.74, 6) is 0.164. The molecule has 0 spiro atoms. The molecule has 1 saturated carbocycles. The van der Waals surface area contributed by atoms with Crippen LogP contribution in [0.25, 0.3) is 0 Å². The lowest BCUT2D eigenvalue weighted by atomic mass is 9.96. The van der Waals surface area contributed by atoms with Gasteiger partial charge in [-0.1, -0.05) is 37.5 Å². The highest BCUT2D eigenvalue weighted by molar-refractivity contribution is 5.95. The minimum absolute atomic E-state index is 0.165. The molecule has 0 heterocycles.